The molecule has 0 spiro atoms. The van der Waals surface area contributed by atoms with Crippen LogP contribution in [0.2, 0.25) is 0 Å². The molecule has 1 aromatic heterocycles. The Morgan fingerprint density at radius 1 is 0.750 bits per heavy atom. The van der Waals surface area contributed by atoms with Gasteiger partial charge >= 0.3 is 6.09 Å². The number of rotatable bonds is 18. The lowest BCUT2D eigenvalue weighted by molar-refractivity contribution is -0.131. The van der Waals surface area contributed by atoms with Crippen molar-refractivity contribution in [3.8, 4) is 0 Å². The molecule has 52 heavy (non-hydrogen) atoms. The van der Waals surface area contributed by atoms with Gasteiger partial charge in [-0.3, -0.25) is 9.59 Å². The van der Waals surface area contributed by atoms with Gasteiger partial charge in [0.25, 0.3) is 0 Å². The normalized spacial score (nSPS) is 14.6. The van der Waals surface area contributed by atoms with Crippen LogP contribution in [0.15, 0.2) is 91.1 Å². The first kappa shape index (κ1) is 40.1. The maximum absolute atomic E-state index is 13.7. The van der Waals surface area contributed by atoms with E-state index >= 15 is 0 Å². The van der Waals surface area contributed by atoms with Crippen molar-refractivity contribution in [3.05, 3.63) is 108 Å². The second-order valence-corrected chi connectivity index (χ2v) is 14.7. The number of fused-ring (bicyclic) bond motifs is 1. The molecule has 0 aliphatic rings. The molecule has 0 aliphatic carbocycles. The zero-order valence-corrected chi connectivity index (χ0v) is 30.9. The number of carbonyl (C=O) groups is 3. The summed E-state index contributed by atoms with van der Waals surface area (Å²) in [4.78, 5) is 42.7. The van der Waals surface area contributed by atoms with Crippen molar-refractivity contribution >= 4 is 28.8 Å². The molecular weight excluding hydrogens is 658 g/mol. The Labute approximate surface area is 306 Å². The number of ether oxygens (including phenoxy) is 1. The number of aliphatic hydroxyl groups excluding tert-OH is 2. The molecule has 7 N–H and O–H groups in total. The van der Waals surface area contributed by atoms with E-state index in [4.69, 9.17) is 4.74 Å². The number of H-pyrrole nitrogens is 1. The van der Waals surface area contributed by atoms with Crippen LogP contribution in [0.4, 0.5) is 4.79 Å². The van der Waals surface area contributed by atoms with Crippen molar-refractivity contribution in [3.63, 3.8) is 0 Å². The van der Waals surface area contributed by atoms with E-state index in [9.17, 15) is 24.6 Å². The number of alkyl carbamates (subject to hydrolysis) is 1. The fourth-order valence-electron chi connectivity index (χ4n) is 6.06. The molecule has 0 unspecified atom stereocenters. The average molecular weight is 714 g/mol. The van der Waals surface area contributed by atoms with Gasteiger partial charge in [0.1, 0.15) is 11.6 Å². The first-order valence-electron chi connectivity index (χ1n) is 18.1. The first-order valence-corrected chi connectivity index (χ1v) is 18.1. The number of para-hydroxylation sites is 1. The number of nitrogens with one attached hydrogen (secondary N) is 5. The lowest BCUT2D eigenvalue weighted by Crippen LogP contribution is -2.57. The lowest BCUT2D eigenvalue weighted by atomic mass is 9.98. The number of hydrogen-bond donors (Lipinski definition) is 7. The van der Waals surface area contributed by atoms with Crippen LogP contribution in [0.5, 0.6) is 0 Å². The highest BCUT2D eigenvalue weighted by Crippen LogP contribution is 2.19. The average Bonchev–Trinajstić information content (AvgIpc) is 3.52. The number of aryl methyl sites for hydroxylation is 1. The van der Waals surface area contributed by atoms with E-state index in [0.717, 1.165) is 27.6 Å². The lowest BCUT2D eigenvalue weighted by Gasteiger charge is -2.30. The van der Waals surface area contributed by atoms with E-state index in [-0.39, 0.29) is 37.2 Å². The van der Waals surface area contributed by atoms with Crippen molar-refractivity contribution in [1.29, 1.82) is 0 Å². The predicted octanol–water partition coefficient (Wildman–Crippen LogP) is 4.42. The molecule has 11 nitrogen and oxygen atoms in total. The van der Waals surface area contributed by atoms with Crippen LogP contribution in [0.3, 0.4) is 0 Å². The van der Waals surface area contributed by atoms with Gasteiger partial charge < -0.3 is 41.2 Å². The second-order valence-electron chi connectivity index (χ2n) is 14.7. The predicted molar refractivity (Wildman–Crippen MR) is 204 cm³/mol. The van der Waals surface area contributed by atoms with Crippen LogP contribution in [0.25, 0.3) is 10.9 Å². The number of carbonyl (C=O) groups excluding carboxylic acids is 3. The number of aromatic nitrogens is 1. The molecule has 0 aliphatic heterocycles. The Morgan fingerprint density at radius 3 is 1.85 bits per heavy atom. The van der Waals surface area contributed by atoms with Crippen molar-refractivity contribution in [1.82, 2.24) is 26.3 Å². The molecule has 0 saturated carbocycles. The summed E-state index contributed by atoms with van der Waals surface area (Å²) in [5.74, 6) is -0.834. The van der Waals surface area contributed by atoms with Crippen molar-refractivity contribution in [2.45, 2.75) is 96.2 Å². The van der Waals surface area contributed by atoms with Gasteiger partial charge in [0.05, 0.1) is 24.3 Å². The van der Waals surface area contributed by atoms with Gasteiger partial charge in [0.15, 0.2) is 0 Å². The quantitative estimate of drug-likeness (QED) is 0.0803. The molecule has 5 atom stereocenters. The molecule has 280 valence electrons. The topological polar surface area (TPSA) is 165 Å². The number of benzene rings is 3. The highest BCUT2D eigenvalue weighted by Gasteiger charge is 2.30. The third-order valence-electron chi connectivity index (χ3n) is 8.82. The van der Waals surface area contributed by atoms with Gasteiger partial charge in [-0.15, -0.1) is 0 Å². The monoisotopic (exact) mass is 713 g/mol. The second kappa shape index (κ2) is 19.2. The zero-order valence-electron chi connectivity index (χ0n) is 30.9. The summed E-state index contributed by atoms with van der Waals surface area (Å²) in [5.41, 5.74) is 3.18. The number of hydrogen-bond acceptors (Lipinski definition) is 7. The summed E-state index contributed by atoms with van der Waals surface area (Å²) >= 11 is 0. The largest absolute Gasteiger partial charge is 0.444 e. The van der Waals surface area contributed by atoms with Gasteiger partial charge in [-0.25, -0.2) is 4.79 Å². The minimum absolute atomic E-state index is 0.0443. The van der Waals surface area contributed by atoms with Gasteiger partial charge in [0, 0.05) is 36.6 Å². The summed E-state index contributed by atoms with van der Waals surface area (Å²) in [5, 5.41) is 35.5. The van der Waals surface area contributed by atoms with E-state index in [1.54, 1.807) is 20.8 Å². The smallest absolute Gasteiger partial charge is 0.407 e. The molecule has 0 bridgehead atoms. The Balaban J connectivity index is 1.38. The fraction of sp³-hybridized carbons (Fsp3) is 0.439. The fourth-order valence-corrected chi connectivity index (χ4v) is 6.06. The molecule has 11 heteroatoms. The van der Waals surface area contributed by atoms with Crippen LogP contribution in [0, 0.1) is 5.92 Å². The maximum atomic E-state index is 13.7. The van der Waals surface area contributed by atoms with E-state index in [2.05, 4.69) is 26.3 Å². The summed E-state index contributed by atoms with van der Waals surface area (Å²) in [6, 6.07) is 24.8. The summed E-state index contributed by atoms with van der Waals surface area (Å²) in [6.07, 6.45) is 0.649. The number of aliphatic hydroxyl groups is 2. The maximum Gasteiger partial charge on any atom is 0.407 e. The Morgan fingerprint density at radius 2 is 1.29 bits per heavy atom. The minimum atomic E-state index is -1.05. The summed E-state index contributed by atoms with van der Waals surface area (Å²) < 4.78 is 5.44. The van der Waals surface area contributed by atoms with E-state index in [1.165, 1.54) is 0 Å². The van der Waals surface area contributed by atoms with E-state index in [1.807, 2.05) is 105 Å². The zero-order chi connectivity index (χ0) is 37.7. The molecule has 0 saturated heterocycles. The van der Waals surface area contributed by atoms with Crippen molar-refractivity contribution in [2.75, 3.05) is 13.1 Å². The Bertz CT molecular complexity index is 1700. The Kier molecular flexibility index (Phi) is 14.8. The number of amides is 3. The standard InChI is InChI=1S/C41H55N5O6/c1-27(2)38(46-37(49)21-20-30-24-43-32-19-13-12-18-31(30)32)39(50)44-33(22-28-14-8-6-9-15-28)35(47)25-42-26-36(48)34(23-29-16-10-7-11-17-29)45-40(51)52-41(3,4)5/h6-19,24,27,33-36,38,42-43,47-48H,20-23,25-26H2,1-5H3,(H,44,50)(H,45,51)(H,46,49)/t33-,34-,35+,36+,38-/m0/s1. The van der Waals surface area contributed by atoms with Gasteiger partial charge in [-0.05, 0) is 68.7 Å². The molecule has 0 fully saturated rings. The molecule has 1 heterocycles. The van der Waals surface area contributed by atoms with Gasteiger partial charge in [-0.2, -0.15) is 0 Å². The highest BCUT2D eigenvalue weighted by molar-refractivity contribution is 5.89. The Hall–Kier alpha value is -4.71. The third kappa shape index (κ3) is 12.8. The van der Waals surface area contributed by atoms with Crippen molar-refractivity contribution in [2.24, 2.45) is 5.92 Å². The first-order chi connectivity index (χ1) is 24.8. The molecule has 4 rings (SSSR count). The minimum Gasteiger partial charge on any atom is -0.444 e. The van der Waals surface area contributed by atoms with Crippen LogP contribution in [-0.2, 0) is 33.6 Å². The van der Waals surface area contributed by atoms with Crippen LogP contribution >= 0.6 is 0 Å². The van der Waals surface area contributed by atoms with E-state index < -0.39 is 42.0 Å². The van der Waals surface area contributed by atoms with Crippen molar-refractivity contribution < 1.29 is 29.3 Å². The molecule has 3 aromatic carbocycles. The summed E-state index contributed by atoms with van der Waals surface area (Å²) in [7, 11) is 0. The van der Waals surface area contributed by atoms with Gasteiger partial charge in [-0.1, -0.05) is 92.7 Å². The molecular formula is C41H55N5O6. The molecule has 0 radical (unpaired) electrons. The van der Waals surface area contributed by atoms with E-state index in [0.29, 0.717) is 19.3 Å². The van der Waals surface area contributed by atoms with Gasteiger partial charge in [0.2, 0.25) is 11.8 Å². The highest BCUT2D eigenvalue weighted by atomic mass is 16.6. The summed E-state index contributed by atoms with van der Waals surface area (Å²) in [6.45, 7) is 9.14. The molecule has 4 aromatic rings. The van der Waals surface area contributed by atoms with Crippen LogP contribution < -0.4 is 21.3 Å². The SMILES string of the molecule is CC(C)[C@H](NC(=O)CCc1c[nH]c2ccccc12)C(=O)N[C@@H](Cc1ccccc1)[C@H](O)CNC[C@@H](O)[C@H](Cc1ccccc1)NC(=O)OC(C)(C)C. The number of aromatic amines is 1. The third-order valence-corrected chi connectivity index (χ3v) is 8.82. The van der Waals surface area contributed by atoms with Crippen LogP contribution in [0.1, 0.15) is 57.7 Å². The molecule has 3 amide bonds. The van der Waals surface area contributed by atoms with Crippen LogP contribution in [-0.4, -0.2) is 82.1 Å².